The lowest BCUT2D eigenvalue weighted by Crippen LogP contribution is -1.89. The maximum Gasteiger partial charge on any atom is 0.0585 e. The number of hydrogen-bond acceptors (Lipinski definition) is 2. The first-order valence-electron chi connectivity index (χ1n) is 5.14. The van der Waals surface area contributed by atoms with Crippen LogP contribution in [0.1, 0.15) is 23.1 Å². The molecule has 0 bridgehead atoms. The topological polar surface area (TPSA) is 12.4 Å². The monoisotopic (exact) mass is 215 g/mol. The molecule has 0 N–H and O–H groups in total. The average molecular weight is 215 g/mol. The van der Waals surface area contributed by atoms with E-state index in [1.54, 1.807) is 0 Å². The lowest BCUT2D eigenvalue weighted by atomic mass is 10.00. The van der Waals surface area contributed by atoms with Crippen molar-refractivity contribution in [3.63, 3.8) is 0 Å². The van der Waals surface area contributed by atoms with Crippen LogP contribution < -0.4 is 0 Å². The number of aryl methyl sites for hydroxylation is 1. The summed E-state index contributed by atoms with van der Waals surface area (Å²) in [4.78, 5) is 3.95. The van der Waals surface area contributed by atoms with Crippen molar-refractivity contribution in [3.05, 3.63) is 41.0 Å². The van der Waals surface area contributed by atoms with Gasteiger partial charge in [0.25, 0.3) is 0 Å². The number of thiocarbonyl (C=S) groups is 1. The van der Waals surface area contributed by atoms with Crippen LogP contribution in [0.15, 0.2) is 29.3 Å². The smallest absolute Gasteiger partial charge is 0.0585 e. The van der Waals surface area contributed by atoms with E-state index in [4.69, 9.17) is 0 Å². The van der Waals surface area contributed by atoms with Gasteiger partial charge in [-0.25, -0.2) is 4.99 Å². The largest absolute Gasteiger partial charge is 0.232 e. The summed E-state index contributed by atoms with van der Waals surface area (Å²) in [6.07, 6.45) is 4.34. The molecule has 2 rings (SSSR count). The summed E-state index contributed by atoms with van der Waals surface area (Å²) < 4.78 is 0. The molecule has 0 radical (unpaired) electrons. The number of isothiocyanates is 1. The zero-order valence-electron chi connectivity index (χ0n) is 8.79. The van der Waals surface area contributed by atoms with Gasteiger partial charge in [-0.1, -0.05) is 24.3 Å². The van der Waals surface area contributed by atoms with Crippen LogP contribution in [0.3, 0.4) is 0 Å². The Morgan fingerprint density at radius 1 is 1.47 bits per heavy atom. The molecule has 0 heterocycles. The predicted octanol–water partition coefficient (Wildman–Crippen LogP) is 3.43. The molecule has 1 aromatic rings. The fraction of sp³-hybridized carbons (Fsp3) is 0.308. The van der Waals surface area contributed by atoms with Crippen LogP contribution >= 0.6 is 12.2 Å². The van der Waals surface area contributed by atoms with E-state index in [2.05, 4.69) is 53.6 Å². The third-order valence-corrected chi connectivity index (χ3v) is 3.00. The van der Waals surface area contributed by atoms with E-state index >= 15 is 0 Å². The summed E-state index contributed by atoms with van der Waals surface area (Å²) in [5, 5.41) is 2.41. The second-order valence-electron chi connectivity index (χ2n) is 3.76. The van der Waals surface area contributed by atoms with Gasteiger partial charge in [0.1, 0.15) is 0 Å². The first-order valence-corrected chi connectivity index (χ1v) is 5.55. The standard InChI is InChI=1S/C13H13NS/c1-10-3-2-4-13-11(5-6-12(10)13)7-8-14-9-15/h2-5H,6-8H2,1H3. The Morgan fingerprint density at radius 2 is 2.33 bits per heavy atom. The average Bonchev–Trinajstić information content (AvgIpc) is 2.64. The minimum Gasteiger partial charge on any atom is -0.232 e. The Kier molecular flexibility index (Phi) is 3.10. The van der Waals surface area contributed by atoms with Crippen molar-refractivity contribution in [2.24, 2.45) is 4.99 Å². The van der Waals surface area contributed by atoms with Crippen LogP contribution in [0.2, 0.25) is 0 Å². The highest BCUT2D eigenvalue weighted by atomic mass is 32.1. The first kappa shape index (κ1) is 10.3. The number of aliphatic imine (C=N–C) groups is 1. The second-order valence-corrected chi connectivity index (χ2v) is 3.94. The van der Waals surface area contributed by atoms with Gasteiger partial charge in [0.15, 0.2) is 0 Å². The van der Waals surface area contributed by atoms with E-state index in [1.165, 1.54) is 22.3 Å². The molecule has 0 amide bonds. The zero-order valence-corrected chi connectivity index (χ0v) is 9.60. The van der Waals surface area contributed by atoms with E-state index in [0.717, 1.165) is 19.4 Å². The van der Waals surface area contributed by atoms with Crippen LogP contribution in [0.5, 0.6) is 0 Å². The first-order chi connectivity index (χ1) is 7.33. The van der Waals surface area contributed by atoms with E-state index in [1.807, 2.05) is 0 Å². The molecule has 0 fully saturated rings. The summed E-state index contributed by atoms with van der Waals surface area (Å²) in [7, 11) is 0. The van der Waals surface area contributed by atoms with Crippen molar-refractivity contribution in [2.45, 2.75) is 19.8 Å². The number of nitrogens with zero attached hydrogens (tertiary/aromatic N) is 1. The van der Waals surface area contributed by atoms with E-state index < -0.39 is 0 Å². The minimum atomic E-state index is 0.753. The fourth-order valence-electron chi connectivity index (χ4n) is 2.07. The molecule has 1 aliphatic rings. The van der Waals surface area contributed by atoms with Gasteiger partial charge in [0.2, 0.25) is 0 Å². The summed E-state index contributed by atoms with van der Waals surface area (Å²) in [5.41, 5.74) is 5.66. The quantitative estimate of drug-likeness (QED) is 0.556. The lowest BCUT2D eigenvalue weighted by Gasteiger charge is -2.06. The highest BCUT2D eigenvalue weighted by Crippen LogP contribution is 2.31. The summed E-state index contributed by atoms with van der Waals surface area (Å²) in [6.45, 7) is 2.92. The Labute approximate surface area is 95.5 Å². The van der Waals surface area contributed by atoms with Crippen molar-refractivity contribution in [2.75, 3.05) is 6.54 Å². The zero-order chi connectivity index (χ0) is 10.7. The van der Waals surface area contributed by atoms with Gasteiger partial charge < -0.3 is 0 Å². The van der Waals surface area contributed by atoms with Gasteiger partial charge in [0, 0.05) is 0 Å². The molecule has 2 heteroatoms. The molecular weight excluding hydrogens is 202 g/mol. The molecule has 0 aliphatic heterocycles. The number of rotatable bonds is 3. The predicted molar refractivity (Wildman–Crippen MR) is 67.4 cm³/mol. The normalized spacial score (nSPS) is 13.0. The van der Waals surface area contributed by atoms with Crippen molar-refractivity contribution in [3.8, 4) is 0 Å². The Balaban J connectivity index is 2.20. The van der Waals surface area contributed by atoms with Crippen molar-refractivity contribution < 1.29 is 0 Å². The van der Waals surface area contributed by atoms with Gasteiger partial charge in [-0.3, -0.25) is 0 Å². The molecule has 76 valence electrons. The second kappa shape index (κ2) is 4.52. The molecule has 0 atom stereocenters. The van der Waals surface area contributed by atoms with Crippen LogP contribution in [0.4, 0.5) is 0 Å². The van der Waals surface area contributed by atoms with Gasteiger partial charge >= 0.3 is 0 Å². The fourth-order valence-corrected chi connectivity index (χ4v) is 2.16. The van der Waals surface area contributed by atoms with Crippen LogP contribution in [0.25, 0.3) is 5.57 Å². The van der Waals surface area contributed by atoms with Crippen molar-refractivity contribution in [1.82, 2.24) is 0 Å². The number of allylic oxidation sites excluding steroid dienone is 1. The lowest BCUT2D eigenvalue weighted by molar-refractivity contribution is 1.03. The highest BCUT2D eigenvalue weighted by molar-refractivity contribution is 7.78. The molecule has 15 heavy (non-hydrogen) atoms. The van der Waals surface area contributed by atoms with Crippen molar-refractivity contribution >= 4 is 23.0 Å². The molecule has 1 aromatic carbocycles. The van der Waals surface area contributed by atoms with Crippen LogP contribution in [-0.4, -0.2) is 11.7 Å². The van der Waals surface area contributed by atoms with E-state index in [9.17, 15) is 0 Å². The summed E-state index contributed by atoms with van der Waals surface area (Å²) >= 11 is 4.55. The van der Waals surface area contributed by atoms with Gasteiger partial charge in [-0.15, -0.1) is 0 Å². The molecule has 0 unspecified atom stereocenters. The van der Waals surface area contributed by atoms with Crippen LogP contribution in [-0.2, 0) is 6.42 Å². The van der Waals surface area contributed by atoms with Gasteiger partial charge in [-0.2, -0.15) is 0 Å². The van der Waals surface area contributed by atoms with Crippen LogP contribution in [0, 0.1) is 6.92 Å². The summed E-state index contributed by atoms with van der Waals surface area (Å²) in [5.74, 6) is 0. The number of fused-ring (bicyclic) bond motifs is 1. The van der Waals surface area contributed by atoms with E-state index in [-0.39, 0.29) is 0 Å². The van der Waals surface area contributed by atoms with E-state index in [0.29, 0.717) is 0 Å². The number of benzene rings is 1. The molecule has 0 aromatic heterocycles. The third-order valence-electron chi connectivity index (χ3n) is 2.87. The molecular formula is C13H13NS. The Bertz CT molecular complexity index is 454. The summed E-state index contributed by atoms with van der Waals surface area (Å²) in [6, 6.07) is 6.49. The maximum absolute atomic E-state index is 4.55. The maximum atomic E-state index is 4.55. The molecule has 0 saturated heterocycles. The van der Waals surface area contributed by atoms with Crippen molar-refractivity contribution in [1.29, 1.82) is 0 Å². The molecule has 1 nitrogen and oxygen atoms in total. The SMILES string of the molecule is Cc1cccc2c1CC=C2CCN=C=S. The Morgan fingerprint density at radius 3 is 3.13 bits per heavy atom. The third kappa shape index (κ3) is 2.06. The van der Waals surface area contributed by atoms with Gasteiger partial charge in [-0.05, 0) is 54.2 Å². The number of hydrogen-bond donors (Lipinski definition) is 0. The molecule has 0 spiro atoms. The Hall–Kier alpha value is -1.24. The highest BCUT2D eigenvalue weighted by Gasteiger charge is 2.14. The molecule has 0 saturated carbocycles. The minimum absolute atomic E-state index is 0.753. The molecule has 1 aliphatic carbocycles. The van der Waals surface area contributed by atoms with Gasteiger partial charge in [0.05, 0.1) is 11.7 Å².